The van der Waals surface area contributed by atoms with Crippen molar-refractivity contribution in [2.24, 2.45) is 0 Å². The van der Waals surface area contributed by atoms with Gasteiger partial charge < -0.3 is 4.74 Å². The second-order valence-electron chi connectivity index (χ2n) is 6.17. The van der Waals surface area contributed by atoms with Gasteiger partial charge in [0.25, 0.3) is 0 Å². The quantitative estimate of drug-likeness (QED) is 0.301. The fraction of sp³-hybridized carbons (Fsp3) is 0.389. The van der Waals surface area contributed by atoms with Crippen LogP contribution >= 0.6 is 0 Å². The summed E-state index contributed by atoms with van der Waals surface area (Å²) in [6, 6.07) is 7.30. The number of methoxy groups -OCH3 is 1. The first-order valence-corrected chi connectivity index (χ1v) is 10.2. The largest absolute Gasteiger partial charge is 0.379 e. The summed E-state index contributed by atoms with van der Waals surface area (Å²) < 4.78 is 5.26. The summed E-state index contributed by atoms with van der Waals surface area (Å²) >= 11 is 0. The van der Waals surface area contributed by atoms with Crippen LogP contribution in [0.2, 0.25) is 6.55 Å². The van der Waals surface area contributed by atoms with Crippen molar-refractivity contribution in [1.82, 2.24) is 0 Å². The third-order valence-electron chi connectivity index (χ3n) is 4.07. The van der Waals surface area contributed by atoms with Crippen LogP contribution in [0.3, 0.4) is 0 Å². The molecule has 1 aromatic carbocycles. The second kappa shape index (κ2) is 8.24. The van der Waals surface area contributed by atoms with Crippen molar-refractivity contribution in [3.05, 3.63) is 54.4 Å². The molecule has 0 unspecified atom stereocenters. The minimum Gasteiger partial charge on any atom is -0.379 e. The first-order valence-electron chi connectivity index (χ1n) is 7.54. The minimum atomic E-state index is -1.86. The molecule has 0 spiro atoms. The average molecular weight is 334 g/mol. The third kappa shape index (κ3) is 5.46. The fourth-order valence-corrected chi connectivity index (χ4v) is 3.34. The van der Waals surface area contributed by atoms with Crippen molar-refractivity contribution < 1.29 is 19.3 Å². The van der Waals surface area contributed by atoms with Gasteiger partial charge in [-0.05, 0) is 26.0 Å². The molecule has 0 radical (unpaired) electrons. The SMILES string of the molecule is C=C[Si](C)(C=C)c1ccc(C(=O)OOCCC(C)(C)OC)cc1. The van der Waals surface area contributed by atoms with E-state index in [-0.39, 0.29) is 12.2 Å². The van der Waals surface area contributed by atoms with Crippen LogP contribution < -0.4 is 5.19 Å². The molecule has 0 aromatic heterocycles. The zero-order valence-electron chi connectivity index (χ0n) is 14.4. The first kappa shape index (κ1) is 19.4. The Morgan fingerprint density at radius 3 is 2.26 bits per heavy atom. The normalized spacial score (nSPS) is 11.8. The van der Waals surface area contributed by atoms with E-state index < -0.39 is 14.0 Å². The van der Waals surface area contributed by atoms with Crippen molar-refractivity contribution in [2.45, 2.75) is 32.4 Å². The van der Waals surface area contributed by atoms with Gasteiger partial charge in [0.05, 0.1) is 17.8 Å². The Balaban J connectivity index is 2.58. The summed E-state index contributed by atoms with van der Waals surface area (Å²) in [5.41, 5.74) is 4.05. The molecule has 0 amide bonds. The lowest BCUT2D eigenvalue weighted by atomic mass is 10.1. The van der Waals surface area contributed by atoms with E-state index >= 15 is 0 Å². The molecular formula is C18H26O4Si. The van der Waals surface area contributed by atoms with Crippen LogP contribution in [-0.2, 0) is 14.5 Å². The minimum absolute atomic E-state index is 0.280. The molecule has 1 rings (SSSR count). The Morgan fingerprint density at radius 2 is 1.78 bits per heavy atom. The van der Waals surface area contributed by atoms with Crippen molar-refractivity contribution in [1.29, 1.82) is 0 Å². The van der Waals surface area contributed by atoms with E-state index in [4.69, 9.17) is 14.5 Å². The topological polar surface area (TPSA) is 44.8 Å². The van der Waals surface area contributed by atoms with Gasteiger partial charge in [0, 0.05) is 13.5 Å². The van der Waals surface area contributed by atoms with E-state index in [0.29, 0.717) is 12.0 Å². The Kier molecular flexibility index (Phi) is 6.93. The van der Waals surface area contributed by atoms with Crippen molar-refractivity contribution >= 4 is 19.2 Å². The van der Waals surface area contributed by atoms with Gasteiger partial charge in [0.15, 0.2) is 0 Å². The molecule has 0 aliphatic heterocycles. The number of hydrogen-bond donors (Lipinski definition) is 0. The number of carbonyl (C=O) groups is 1. The van der Waals surface area contributed by atoms with Gasteiger partial charge in [-0.15, -0.1) is 13.2 Å². The molecular weight excluding hydrogens is 308 g/mol. The van der Waals surface area contributed by atoms with E-state index in [1.54, 1.807) is 19.2 Å². The Labute approximate surface area is 139 Å². The number of rotatable bonds is 9. The predicted molar refractivity (Wildman–Crippen MR) is 95.2 cm³/mol. The van der Waals surface area contributed by atoms with Crippen molar-refractivity contribution in [3.8, 4) is 0 Å². The van der Waals surface area contributed by atoms with Crippen LogP contribution in [0.1, 0.15) is 30.6 Å². The van der Waals surface area contributed by atoms with E-state index in [2.05, 4.69) is 19.7 Å². The molecule has 126 valence electrons. The van der Waals surface area contributed by atoms with E-state index in [0.717, 1.165) is 5.19 Å². The highest BCUT2D eigenvalue weighted by Crippen LogP contribution is 2.13. The summed E-state index contributed by atoms with van der Waals surface area (Å²) in [5.74, 6) is -0.507. The Morgan fingerprint density at radius 1 is 1.22 bits per heavy atom. The van der Waals surface area contributed by atoms with E-state index in [1.165, 1.54) is 0 Å². The lowest BCUT2D eigenvalue weighted by Crippen LogP contribution is -2.40. The maximum Gasteiger partial charge on any atom is 0.373 e. The molecule has 1 aromatic rings. The maximum atomic E-state index is 11.9. The lowest BCUT2D eigenvalue weighted by molar-refractivity contribution is -0.247. The van der Waals surface area contributed by atoms with Crippen LogP contribution in [-0.4, -0.2) is 33.4 Å². The van der Waals surface area contributed by atoms with Crippen LogP contribution in [0, 0.1) is 0 Å². The van der Waals surface area contributed by atoms with Gasteiger partial charge in [0.1, 0.15) is 8.07 Å². The highest BCUT2D eigenvalue weighted by atomic mass is 28.3. The van der Waals surface area contributed by atoms with Crippen LogP contribution in [0.15, 0.2) is 48.8 Å². The Bertz CT molecular complexity index is 541. The van der Waals surface area contributed by atoms with Crippen molar-refractivity contribution in [2.75, 3.05) is 13.7 Å². The number of carbonyl (C=O) groups excluding carboxylic acids is 1. The van der Waals surface area contributed by atoms with Crippen LogP contribution in [0.25, 0.3) is 0 Å². The summed E-state index contributed by atoms with van der Waals surface area (Å²) in [6.45, 7) is 14.1. The molecule has 0 aliphatic carbocycles. The number of ether oxygens (including phenoxy) is 1. The third-order valence-corrected chi connectivity index (χ3v) is 7.34. The van der Waals surface area contributed by atoms with Crippen molar-refractivity contribution in [3.63, 3.8) is 0 Å². The standard InChI is InChI=1S/C18H26O4Si/c1-7-23(6,8-2)16-11-9-15(10-12-16)17(19)22-21-14-13-18(3,4)20-5/h7-12H,1-2,13-14H2,3-6H3. The fourth-order valence-electron chi connectivity index (χ4n) is 1.82. The van der Waals surface area contributed by atoms with Gasteiger partial charge in [-0.25, -0.2) is 4.79 Å². The van der Waals surface area contributed by atoms with Gasteiger partial charge >= 0.3 is 5.97 Å². The number of benzene rings is 1. The lowest BCUT2D eigenvalue weighted by Gasteiger charge is -2.21. The molecule has 23 heavy (non-hydrogen) atoms. The first-order chi connectivity index (χ1) is 10.8. The average Bonchev–Trinajstić information content (AvgIpc) is 2.58. The summed E-state index contributed by atoms with van der Waals surface area (Å²) in [5, 5.41) is 1.14. The van der Waals surface area contributed by atoms with Crippen LogP contribution in [0.4, 0.5) is 0 Å². The molecule has 4 nitrogen and oxygen atoms in total. The zero-order chi connectivity index (χ0) is 17.5. The molecule has 0 bridgehead atoms. The molecule has 0 heterocycles. The van der Waals surface area contributed by atoms with E-state index in [9.17, 15) is 4.79 Å². The summed E-state index contributed by atoms with van der Waals surface area (Å²) in [7, 11) is -0.221. The highest BCUT2D eigenvalue weighted by Gasteiger charge is 2.22. The highest BCUT2D eigenvalue weighted by molar-refractivity contribution is 6.98. The Hall–Kier alpha value is -1.69. The monoisotopic (exact) mass is 334 g/mol. The predicted octanol–water partition coefficient (Wildman–Crippen LogP) is 3.33. The second-order valence-corrected chi connectivity index (χ2v) is 10.1. The summed E-state index contributed by atoms with van der Waals surface area (Å²) in [4.78, 5) is 21.7. The number of hydrogen-bond acceptors (Lipinski definition) is 4. The molecule has 5 heteroatoms. The van der Waals surface area contributed by atoms with Crippen LogP contribution in [0.5, 0.6) is 0 Å². The summed E-state index contributed by atoms with van der Waals surface area (Å²) in [6.07, 6.45) is 0.623. The molecule has 0 atom stereocenters. The maximum absolute atomic E-state index is 11.9. The molecule has 0 fully saturated rings. The van der Waals surface area contributed by atoms with Gasteiger partial charge in [-0.3, -0.25) is 4.89 Å². The van der Waals surface area contributed by atoms with E-state index in [1.807, 2.05) is 37.4 Å². The smallest absolute Gasteiger partial charge is 0.373 e. The van der Waals surface area contributed by atoms with Gasteiger partial charge in [-0.1, -0.05) is 35.3 Å². The molecule has 0 aliphatic rings. The zero-order valence-corrected chi connectivity index (χ0v) is 15.4. The molecule has 0 saturated heterocycles. The molecule has 0 N–H and O–H groups in total. The molecule has 0 saturated carbocycles. The van der Waals surface area contributed by atoms with Gasteiger partial charge in [-0.2, -0.15) is 4.89 Å². The van der Waals surface area contributed by atoms with Gasteiger partial charge in [0.2, 0.25) is 0 Å².